The van der Waals surface area contributed by atoms with Crippen molar-refractivity contribution in [2.45, 2.75) is 65.3 Å². The van der Waals surface area contributed by atoms with Crippen molar-refractivity contribution in [2.75, 3.05) is 0 Å². The van der Waals surface area contributed by atoms with Gasteiger partial charge in [-0.25, -0.2) is 0 Å². The monoisotopic (exact) mass is 185 g/mol. The first-order valence-corrected chi connectivity index (χ1v) is 9.31. The van der Waals surface area contributed by atoms with Gasteiger partial charge in [-0.1, -0.05) is 40.4 Å². The minimum absolute atomic E-state index is 0.0131. The van der Waals surface area contributed by atoms with Gasteiger partial charge in [0.1, 0.15) is 0 Å². The van der Waals surface area contributed by atoms with Gasteiger partial charge < -0.3 is 0 Å². The van der Waals surface area contributed by atoms with Crippen LogP contribution in [0, 0.1) is 0 Å². The minimum Gasteiger partial charge on any atom is -0.182 e. The predicted molar refractivity (Wildman–Crippen MR) is 65.4 cm³/mol. The van der Waals surface area contributed by atoms with Gasteiger partial charge in [0, 0.05) is 8.07 Å². The van der Waals surface area contributed by atoms with Crippen molar-refractivity contribution in [3.05, 3.63) is 0 Å². The minimum atomic E-state index is -0.828. The Balaban J connectivity index is 4.30. The predicted octanol–water partition coefficient (Wildman–Crippen LogP) is 4.37. The van der Waals surface area contributed by atoms with Crippen LogP contribution < -0.4 is 0 Å². The Labute approximate surface area is 80.1 Å². The maximum absolute atomic E-state index is 2.50. The van der Waals surface area contributed by atoms with Gasteiger partial charge >= 0.3 is 0 Å². The van der Waals surface area contributed by atoms with Crippen LogP contribution in [0.4, 0.5) is 0 Å². The molecule has 0 N–H and O–H groups in total. The van der Waals surface area contributed by atoms with Gasteiger partial charge in [0.25, 0.3) is 0 Å². The lowest BCUT2D eigenvalue weighted by atomic mass is 9.22. The van der Waals surface area contributed by atoms with Gasteiger partial charge in [-0.05, 0) is 6.15 Å². The van der Waals surface area contributed by atoms with E-state index in [2.05, 4.69) is 40.4 Å². The van der Waals surface area contributed by atoms with E-state index in [1.807, 2.05) is 0 Å². The molecule has 0 aromatic rings. The van der Waals surface area contributed by atoms with Crippen LogP contribution in [0.15, 0.2) is 0 Å². The molecule has 0 aliphatic carbocycles. The molecule has 0 saturated carbocycles. The molecule has 0 aliphatic rings. The van der Waals surface area contributed by atoms with E-state index in [1.165, 1.54) is 19.0 Å². The second-order valence-electron chi connectivity index (χ2n) is 5.72. The van der Waals surface area contributed by atoms with Gasteiger partial charge in [0.05, 0.1) is 0 Å². The van der Waals surface area contributed by atoms with Crippen molar-refractivity contribution >= 4 is 14.2 Å². The summed E-state index contributed by atoms with van der Waals surface area (Å²) in [6.45, 7) is 14.7. The Morgan fingerprint density at radius 1 is 0.833 bits per heavy atom. The summed E-state index contributed by atoms with van der Waals surface area (Å²) in [7, 11) is -0.828. The Bertz CT molecular complexity index is 114. The smallest absolute Gasteiger partial charge is 0.00985 e. The van der Waals surface area contributed by atoms with Crippen molar-refractivity contribution < 1.29 is 0 Å². The molecule has 2 heteroatoms. The SMILES string of the molecule is CC[B-](CC)(CC)C[Si](C)(C)C. The van der Waals surface area contributed by atoms with E-state index in [9.17, 15) is 0 Å². The molecule has 0 nitrogen and oxygen atoms in total. The zero-order valence-electron chi connectivity index (χ0n) is 9.91. The highest BCUT2D eigenvalue weighted by Gasteiger charge is 2.25. The Morgan fingerprint density at radius 3 is 1.25 bits per heavy atom. The van der Waals surface area contributed by atoms with E-state index in [4.69, 9.17) is 0 Å². The van der Waals surface area contributed by atoms with Crippen LogP contribution in [0.2, 0.25) is 44.5 Å². The zero-order valence-corrected chi connectivity index (χ0v) is 10.9. The average Bonchev–Trinajstić information content (AvgIpc) is 1.99. The molecule has 0 radical (unpaired) electrons. The second-order valence-corrected chi connectivity index (χ2v) is 11.3. The third-order valence-electron chi connectivity index (χ3n) is 3.64. The molecular formula is C10H26BSi-. The highest BCUT2D eigenvalue weighted by Crippen LogP contribution is 2.29. The fourth-order valence-corrected chi connectivity index (χ4v) is 6.06. The Kier molecular flexibility index (Phi) is 4.60. The number of hydrogen-bond acceptors (Lipinski definition) is 0. The normalized spacial score (nSPS) is 13.5. The van der Waals surface area contributed by atoms with E-state index >= 15 is 0 Å². The van der Waals surface area contributed by atoms with Gasteiger partial charge in [-0.3, -0.25) is 0 Å². The lowest BCUT2D eigenvalue weighted by molar-refractivity contribution is 1.15. The van der Waals surface area contributed by atoms with Gasteiger partial charge in [-0.15, -0.1) is 0 Å². The summed E-state index contributed by atoms with van der Waals surface area (Å²) in [5.74, 6) is 1.57. The van der Waals surface area contributed by atoms with Crippen molar-refractivity contribution in [2.24, 2.45) is 0 Å². The number of rotatable bonds is 5. The standard InChI is InChI=1S/C10H26BSi/c1-7-11(8-2,9-3)10-12(4,5)6/h7-10H2,1-6H3/q-1. The van der Waals surface area contributed by atoms with E-state index in [-0.39, 0.29) is 6.15 Å². The largest absolute Gasteiger partial charge is 0.182 e. The van der Waals surface area contributed by atoms with Crippen LogP contribution in [0.3, 0.4) is 0 Å². The molecule has 12 heavy (non-hydrogen) atoms. The summed E-state index contributed by atoms with van der Waals surface area (Å²) < 4.78 is 0. The first kappa shape index (κ1) is 12.3. The van der Waals surface area contributed by atoms with E-state index in [0.717, 1.165) is 0 Å². The molecule has 74 valence electrons. The molecule has 0 rings (SSSR count). The maximum Gasteiger partial charge on any atom is 0.00985 e. The van der Waals surface area contributed by atoms with E-state index in [0.29, 0.717) is 0 Å². The molecule has 0 spiro atoms. The molecule has 0 atom stereocenters. The third kappa shape index (κ3) is 3.79. The van der Waals surface area contributed by atoms with Gasteiger partial charge in [0.2, 0.25) is 0 Å². The van der Waals surface area contributed by atoms with Crippen LogP contribution in [-0.2, 0) is 0 Å². The molecule has 0 heterocycles. The third-order valence-corrected chi connectivity index (χ3v) is 5.73. The molecule has 0 aromatic carbocycles. The lowest BCUT2D eigenvalue weighted by Crippen LogP contribution is -2.40. The molecule has 0 saturated heterocycles. The summed E-state index contributed by atoms with van der Waals surface area (Å²) >= 11 is 0. The summed E-state index contributed by atoms with van der Waals surface area (Å²) in [6, 6.07) is 0. The molecular weight excluding hydrogens is 159 g/mol. The first-order valence-electron chi connectivity index (χ1n) is 5.61. The lowest BCUT2D eigenvalue weighted by Gasteiger charge is -2.41. The second kappa shape index (κ2) is 4.50. The molecule has 0 aliphatic heterocycles. The molecule has 0 fully saturated rings. The molecule has 0 bridgehead atoms. The average molecular weight is 185 g/mol. The Hall–Kier alpha value is 0.282. The van der Waals surface area contributed by atoms with E-state index in [1.54, 1.807) is 5.94 Å². The molecule has 0 aromatic heterocycles. The van der Waals surface area contributed by atoms with Crippen molar-refractivity contribution in [3.8, 4) is 0 Å². The van der Waals surface area contributed by atoms with Crippen molar-refractivity contribution in [3.63, 3.8) is 0 Å². The summed E-state index contributed by atoms with van der Waals surface area (Å²) in [5.41, 5.74) is 0. The highest BCUT2D eigenvalue weighted by atomic mass is 28.3. The van der Waals surface area contributed by atoms with Crippen LogP contribution in [0.1, 0.15) is 20.8 Å². The fraction of sp³-hybridized carbons (Fsp3) is 1.00. The van der Waals surface area contributed by atoms with E-state index < -0.39 is 8.07 Å². The molecule has 0 unspecified atom stereocenters. The van der Waals surface area contributed by atoms with Crippen molar-refractivity contribution in [1.82, 2.24) is 0 Å². The van der Waals surface area contributed by atoms with Gasteiger partial charge in [0.15, 0.2) is 0 Å². The van der Waals surface area contributed by atoms with Crippen LogP contribution in [-0.4, -0.2) is 14.2 Å². The van der Waals surface area contributed by atoms with Crippen LogP contribution >= 0.6 is 0 Å². The maximum atomic E-state index is 2.50. The summed E-state index contributed by atoms with van der Waals surface area (Å²) in [4.78, 5) is 0. The summed E-state index contributed by atoms with van der Waals surface area (Å²) in [6.07, 6.45) is 4.30. The molecule has 0 amide bonds. The van der Waals surface area contributed by atoms with Crippen LogP contribution in [0.5, 0.6) is 0 Å². The number of hydrogen-bond donors (Lipinski definition) is 0. The van der Waals surface area contributed by atoms with Crippen LogP contribution in [0.25, 0.3) is 0 Å². The quantitative estimate of drug-likeness (QED) is 0.558. The topological polar surface area (TPSA) is 0 Å². The van der Waals surface area contributed by atoms with Gasteiger partial charge in [-0.2, -0.15) is 24.9 Å². The Morgan fingerprint density at radius 2 is 1.17 bits per heavy atom. The first-order chi connectivity index (χ1) is 5.39. The summed E-state index contributed by atoms with van der Waals surface area (Å²) in [5, 5.41) is 0. The zero-order chi connectivity index (χ0) is 9.83. The fourth-order valence-electron chi connectivity index (χ4n) is 2.60. The highest BCUT2D eigenvalue weighted by molar-refractivity contribution is 6.95. The van der Waals surface area contributed by atoms with Crippen molar-refractivity contribution in [1.29, 1.82) is 0 Å².